The fourth-order valence-electron chi connectivity index (χ4n) is 5.06. The molecule has 1 saturated heterocycles. The molecule has 0 aromatic heterocycles. The number of esters is 2. The van der Waals surface area contributed by atoms with Crippen molar-refractivity contribution in [2.45, 2.75) is 117 Å². The number of piperazine rings is 1. The summed E-state index contributed by atoms with van der Waals surface area (Å²) in [6.07, 6.45) is 19.9. The fraction of sp³-hybridized carbons (Fsp3) is 0.933. The van der Waals surface area contributed by atoms with Crippen LogP contribution >= 0.6 is 0 Å². The largest absolute Gasteiger partial charge is 0.462 e. The second-order valence-electron chi connectivity index (χ2n) is 11.8. The molecule has 1 aliphatic rings. The smallest absolute Gasteiger partial charge is 0.361 e. The van der Waals surface area contributed by atoms with Crippen molar-refractivity contribution in [2.24, 2.45) is 0 Å². The average Bonchev–Trinajstić information content (AvgIpc) is 2.84. The molecule has 1 fully saturated rings. The third-order valence-electron chi connectivity index (χ3n) is 7.90. The molecule has 0 aromatic rings. The van der Waals surface area contributed by atoms with Crippen molar-refractivity contribution in [3.8, 4) is 0 Å². The van der Waals surface area contributed by atoms with Crippen molar-refractivity contribution in [3.05, 3.63) is 0 Å². The maximum Gasteiger partial charge on any atom is 0.361 e. The molecule has 0 aromatic carbocycles. The van der Waals surface area contributed by atoms with Crippen LogP contribution in [0.3, 0.4) is 0 Å². The van der Waals surface area contributed by atoms with E-state index in [-0.39, 0.29) is 11.9 Å². The lowest BCUT2D eigenvalue weighted by atomic mass is 10.1. The van der Waals surface area contributed by atoms with E-state index in [1.54, 1.807) is 0 Å². The molecule has 0 bridgehead atoms. The van der Waals surface area contributed by atoms with Crippen molar-refractivity contribution in [1.82, 2.24) is 0 Å². The predicted octanol–water partition coefficient (Wildman–Crippen LogP) is 6.26. The van der Waals surface area contributed by atoms with E-state index in [9.17, 15) is 9.59 Å². The van der Waals surface area contributed by atoms with Crippen LogP contribution in [0.2, 0.25) is 0 Å². The average molecular weight is 513 g/mol. The fourth-order valence-corrected chi connectivity index (χ4v) is 5.06. The highest BCUT2D eigenvalue weighted by Crippen LogP contribution is 2.17. The Morgan fingerprint density at radius 1 is 0.500 bits per heavy atom. The van der Waals surface area contributed by atoms with Crippen LogP contribution in [-0.4, -0.2) is 87.5 Å². The Hall–Kier alpha value is -1.14. The van der Waals surface area contributed by atoms with Crippen LogP contribution < -0.4 is 0 Å². The molecule has 6 nitrogen and oxygen atoms in total. The predicted molar refractivity (Wildman–Crippen MR) is 149 cm³/mol. The Labute approximate surface area is 223 Å². The lowest BCUT2D eigenvalue weighted by Gasteiger charge is -2.45. The van der Waals surface area contributed by atoms with E-state index in [0.29, 0.717) is 35.3 Å². The van der Waals surface area contributed by atoms with Gasteiger partial charge in [0.15, 0.2) is 13.1 Å². The second kappa shape index (κ2) is 19.9. The lowest BCUT2D eigenvalue weighted by molar-refractivity contribution is -1.01. The highest BCUT2D eigenvalue weighted by molar-refractivity contribution is 5.71. The van der Waals surface area contributed by atoms with E-state index >= 15 is 0 Å². The van der Waals surface area contributed by atoms with Crippen molar-refractivity contribution < 1.29 is 28.0 Å². The highest BCUT2D eigenvalue weighted by Gasteiger charge is 2.40. The van der Waals surface area contributed by atoms with Gasteiger partial charge in [0.2, 0.25) is 0 Å². The van der Waals surface area contributed by atoms with Gasteiger partial charge in [0.1, 0.15) is 26.2 Å². The van der Waals surface area contributed by atoms with Gasteiger partial charge in [0.05, 0.1) is 27.3 Å². The zero-order valence-corrected chi connectivity index (χ0v) is 24.5. The molecule has 0 spiro atoms. The number of nitrogens with zero attached hydrogens (tertiary/aromatic N) is 2. The summed E-state index contributed by atoms with van der Waals surface area (Å²) < 4.78 is 12.5. The van der Waals surface area contributed by atoms with E-state index in [2.05, 4.69) is 27.9 Å². The molecule has 212 valence electrons. The Bertz CT molecular complexity index is 523. The monoisotopic (exact) mass is 512 g/mol. The molecule has 0 amide bonds. The zero-order valence-electron chi connectivity index (χ0n) is 24.5. The third-order valence-corrected chi connectivity index (χ3v) is 7.90. The summed E-state index contributed by atoms with van der Waals surface area (Å²) in [6.45, 7) is 9.98. The summed E-state index contributed by atoms with van der Waals surface area (Å²) >= 11 is 0. The molecule has 0 saturated carbocycles. The molecule has 1 aliphatic heterocycles. The minimum Gasteiger partial charge on any atom is -0.462 e. The number of carbonyl (C=O) groups is 2. The lowest BCUT2D eigenvalue weighted by Crippen LogP contribution is -2.66. The Kier molecular flexibility index (Phi) is 18.2. The van der Waals surface area contributed by atoms with Crippen LogP contribution in [0.15, 0.2) is 0 Å². The standard InChI is InChI=1S/C30H60N2O4/c1-5-7-9-11-13-15-17-19-25-35-29(33)27-31(3)21-23-32(4,24-22-31)28-30(34)36-26-20-18-16-14-12-10-8-6-2/h5-28H2,1-4H3/q+2. The normalized spacial score (nSPS) is 21.9. The molecule has 0 aliphatic carbocycles. The van der Waals surface area contributed by atoms with E-state index in [1.165, 1.54) is 77.0 Å². The molecule has 1 heterocycles. The minimum atomic E-state index is -0.0821. The van der Waals surface area contributed by atoms with Crippen LogP contribution in [0.25, 0.3) is 0 Å². The van der Waals surface area contributed by atoms with Crippen LogP contribution in [0.5, 0.6) is 0 Å². The van der Waals surface area contributed by atoms with Crippen LogP contribution in [0.1, 0.15) is 117 Å². The quantitative estimate of drug-likeness (QED) is 0.0976. The third kappa shape index (κ3) is 16.6. The Balaban J connectivity index is 2.11. The van der Waals surface area contributed by atoms with Gasteiger partial charge in [-0.05, 0) is 12.8 Å². The van der Waals surface area contributed by atoms with Crippen molar-refractivity contribution >= 4 is 11.9 Å². The number of quaternary nitrogens is 2. The van der Waals surface area contributed by atoms with Gasteiger partial charge in [-0.1, -0.05) is 104 Å². The summed E-state index contributed by atoms with van der Waals surface area (Å²) in [5, 5.41) is 0. The van der Waals surface area contributed by atoms with Crippen LogP contribution in [-0.2, 0) is 19.1 Å². The van der Waals surface area contributed by atoms with Gasteiger partial charge in [-0.3, -0.25) is 0 Å². The first-order valence-corrected chi connectivity index (χ1v) is 15.3. The van der Waals surface area contributed by atoms with Gasteiger partial charge in [0.25, 0.3) is 0 Å². The number of rotatable bonds is 22. The van der Waals surface area contributed by atoms with Gasteiger partial charge >= 0.3 is 11.9 Å². The topological polar surface area (TPSA) is 52.6 Å². The highest BCUT2D eigenvalue weighted by atomic mass is 16.5. The molecule has 1 rings (SSSR count). The summed E-state index contributed by atoms with van der Waals surface area (Å²) in [5.74, 6) is -0.164. The summed E-state index contributed by atoms with van der Waals surface area (Å²) in [6, 6.07) is 0. The molecule has 0 atom stereocenters. The summed E-state index contributed by atoms with van der Waals surface area (Å²) in [7, 11) is 4.28. The van der Waals surface area contributed by atoms with Gasteiger partial charge in [-0.2, -0.15) is 0 Å². The first kappa shape index (κ1) is 32.9. The Morgan fingerprint density at radius 3 is 1.08 bits per heavy atom. The second-order valence-corrected chi connectivity index (χ2v) is 11.8. The van der Waals surface area contributed by atoms with Crippen molar-refractivity contribution in [3.63, 3.8) is 0 Å². The number of unbranched alkanes of at least 4 members (excludes halogenated alkanes) is 14. The zero-order chi connectivity index (χ0) is 26.5. The number of likely N-dealkylation sites (N-methyl/N-ethyl adjacent to an activating group) is 2. The SMILES string of the molecule is CCCCCCCCCCOC(=O)C[N+]1(C)CC[N+](C)(CC(=O)OCCCCCCCCCC)CC1. The number of carbonyl (C=O) groups excluding carboxylic acids is 2. The van der Waals surface area contributed by atoms with Crippen LogP contribution in [0.4, 0.5) is 0 Å². The van der Waals surface area contributed by atoms with E-state index in [0.717, 1.165) is 51.9 Å². The van der Waals surface area contributed by atoms with E-state index in [4.69, 9.17) is 9.47 Å². The van der Waals surface area contributed by atoms with Gasteiger partial charge in [0, 0.05) is 0 Å². The molecule has 0 radical (unpaired) electrons. The molecule has 0 unspecified atom stereocenters. The van der Waals surface area contributed by atoms with Crippen LogP contribution in [0, 0.1) is 0 Å². The maximum atomic E-state index is 12.4. The molecular formula is C30H60N2O4+2. The van der Waals surface area contributed by atoms with Gasteiger partial charge < -0.3 is 18.4 Å². The number of ether oxygens (including phenoxy) is 2. The van der Waals surface area contributed by atoms with Gasteiger partial charge in [-0.25, -0.2) is 9.59 Å². The number of hydrogen-bond acceptors (Lipinski definition) is 4. The Morgan fingerprint density at radius 2 is 0.778 bits per heavy atom. The maximum absolute atomic E-state index is 12.4. The summed E-state index contributed by atoms with van der Waals surface area (Å²) in [5.41, 5.74) is 0. The van der Waals surface area contributed by atoms with Gasteiger partial charge in [-0.15, -0.1) is 0 Å². The van der Waals surface area contributed by atoms with Crippen molar-refractivity contribution in [2.75, 3.05) is 66.6 Å². The van der Waals surface area contributed by atoms with Crippen molar-refractivity contribution in [1.29, 1.82) is 0 Å². The number of hydrogen-bond donors (Lipinski definition) is 0. The minimum absolute atomic E-state index is 0.0821. The summed E-state index contributed by atoms with van der Waals surface area (Å²) in [4.78, 5) is 24.8. The molecular weight excluding hydrogens is 452 g/mol. The molecule has 36 heavy (non-hydrogen) atoms. The first-order valence-electron chi connectivity index (χ1n) is 15.3. The van der Waals surface area contributed by atoms with E-state index < -0.39 is 0 Å². The molecule has 6 heteroatoms. The first-order chi connectivity index (χ1) is 17.3. The molecule has 0 N–H and O–H groups in total. The van der Waals surface area contributed by atoms with E-state index in [1.807, 2.05) is 0 Å².